The van der Waals surface area contributed by atoms with Gasteiger partial charge in [0.25, 0.3) is 0 Å². The summed E-state index contributed by atoms with van der Waals surface area (Å²) in [6, 6.07) is 4.07. The van der Waals surface area contributed by atoms with Crippen molar-refractivity contribution in [3.8, 4) is 0 Å². The molecule has 1 aliphatic rings. The summed E-state index contributed by atoms with van der Waals surface area (Å²) in [4.78, 5) is 8.48. The molecule has 5 nitrogen and oxygen atoms in total. The van der Waals surface area contributed by atoms with Crippen LogP contribution in [0.25, 0.3) is 0 Å². The molecule has 0 spiro atoms. The Morgan fingerprint density at radius 3 is 2.83 bits per heavy atom. The average molecular weight is 318 g/mol. The van der Waals surface area contributed by atoms with Crippen molar-refractivity contribution in [2.75, 3.05) is 33.9 Å². The molecule has 0 saturated heterocycles. The normalized spacial score (nSPS) is 17.2. The van der Waals surface area contributed by atoms with Gasteiger partial charge in [0.05, 0.1) is 0 Å². The molecule has 0 atom stereocenters. The van der Waals surface area contributed by atoms with Gasteiger partial charge in [0.1, 0.15) is 0 Å². The van der Waals surface area contributed by atoms with Gasteiger partial charge in [-0.05, 0) is 42.7 Å². The SMILES string of the molecule is CN=C(NCCc1cccnc1)NCC1(CCOC)CCCC1. The lowest BCUT2D eigenvalue weighted by molar-refractivity contribution is 0.138. The van der Waals surface area contributed by atoms with Crippen molar-refractivity contribution in [2.45, 2.75) is 38.5 Å². The molecule has 0 amide bonds. The first-order valence-corrected chi connectivity index (χ1v) is 8.60. The Kier molecular flexibility index (Phi) is 7.33. The predicted octanol–water partition coefficient (Wildman–Crippen LogP) is 2.39. The summed E-state index contributed by atoms with van der Waals surface area (Å²) in [6.45, 7) is 2.67. The highest BCUT2D eigenvalue weighted by Crippen LogP contribution is 2.40. The van der Waals surface area contributed by atoms with Crippen LogP contribution in [-0.4, -0.2) is 44.8 Å². The largest absolute Gasteiger partial charge is 0.385 e. The number of pyridine rings is 1. The number of rotatable bonds is 8. The fraction of sp³-hybridized carbons (Fsp3) is 0.667. The van der Waals surface area contributed by atoms with Crippen LogP contribution in [0.4, 0.5) is 0 Å². The number of aliphatic imine (C=N–C) groups is 1. The highest BCUT2D eigenvalue weighted by atomic mass is 16.5. The van der Waals surface area contributed by atoms with Crippen molar-refractivity contribution in [3.63, 3.8) is 0 Å². The molecule has 1 aromatic rings. The van der Waals surface area contributed by atoms with Crippen LogP contribution in [0.3, 0.4) is 0 Å². The van der Waals surface area contributed by atoms with Gasteiger partial charge in [0.2, 0.25) is 0 Å². The third-order valence-electron chi connectivity index (χ3n) is 4.78. The van der Waals surface area contributed by atoms with Gasteiger partial charge < -0.3 is 15.4 Å². The highest BCUT2D eigenvalue weighted by molar-refractivity contribution is 5.79. The molecular weight excluding hydrogens is 288 g/mol. The molecule has 5 heteroatoms. The molecule has 23 heavy (non-hydrogen) atoms. The van der Waals surface area contributed by atoms with Gasteiger partial charge in [-0.25, -0.2) is 0 Å². The first-order valence-electron chi connectivity index (χ1n) is 8.60. The molecule has 1 fully saturated rings. The fourth-order valence-electron chi connectivity index (χ4n) is 3.32. The van der Waals surface area contributed by atoms with E-state index in [4.69, 9.17) is 4.74 Å². The molecule has 0 radical (unpaired) electrons. The number of hydrogen-bond donors (Lipinski definition) is 2. The van der Waals surface area contributed by atoms with Gasteiger partial charge in [-0.15, -0.1) is 0 Å². The number of methoxy groups -OCH3 is 1. The second-order valence-electron chi connectivity index (χ2n) is 6.41. The Hall–Kier alpha value is -1.62. The van der Waals surface area contributed by atoms with Crippen molar-refractivity contribution in [1.29, 1.82) is 0 Å². The zero-order valence-corrected chi connectivity index (χ0v) is 14.5. The highest BCUT2D eigenvalue weighted by Gasteiger charge is 2.33. The summed E-state index contributed by atoms with van der Waals surface area (Å²) >= 11 is 0. The lowest BCUT2D eigenvalue weighted by Gasteiger charge is -2.30. The first kappa shape index (κ1) is 17.7. The van der Waals surface area contributed by atoms with Crippen LogP contribution >= 0.6 is 0 Å². The van der Waals surface area contributed by atoms with E-state index in [-0.39, 0.29) is 0 Å². The van der Waals surface area contributed by atoms with E-state index >= 15 is 0 Å². The minimum Gasteiger partial charge on any atom is -0.385 e. The number of ether oxygens (including phenoxy) is 1. The third-order valence-corrected chi connectivity index (χ3v) is 4.78. The molecule has 0 aliphatic heterocycles. The quantitative estimate of drug-likeness (QED) is 0.571. The van der Waals surface area contributed by atoms with E-state index in [2.05, 4.69) is 26.7 Å². The van der Waals surface area contributed by atoms with Gasteiger partial charge in [0, 0.05) is 46.2 Å². The van der Waals surface area contributed by atoms with Crippen LogP contribution in [0.1, 0.15) is 37.7 Å². The molecule has 0 bridgehead atoms. The maximum atomic E-state index is 5.30. The summed E-state index contributed by atoms with van der Waals surface area (Å²) in [6.07, 6.45) is 11.0. The Labute approximate surface area is 139 Å². The number of nitrogens with zero attached hydrogens (tertiary/aromatic N) is 2. The Balaban J connectivity index is 1.75. The van der Waals surface area contributed by atoms with E-state index in [1.807, 2.05) is 19.3 Å². The summed E-state index contributed by atoms with van der Waals surface area (Å²) in [5.41, 5.74) is 1.61. The van der Waals surface area contributed by atoms with E-state index < -0.39 is 0 Å². The zero-order valence-electron chi connectivity index (χ0n) is 14.5. The van der Waals surface area contributed by atoms with Crippen molar-refractivity contribution in [1.82, 2.24) is 15.6 Å². The van der Waals surface area contributed by atoms with Crippen LogP contribution in [0.15, 0.2) is 29.5 Å². The summed E-state index contributed by atoms with van der Waals surface area (Å²) in [5, 5.41) is 6.91. The molecule has 1 saturated carbocycles. The van der Waals surface area contributed by atoms with E-state index in [1.54, 1.807) is 13.3 Å². The molecule has 1 aliphatic carbocycles. The van der Waals surface area contributed by atoms with Crippen LogP contribution in [0, 0.1) is 5.41 Å². The standard InChI is InChI=1S/C18H30N4O/c1-19-17(21-12-7-16-6-5-11-20-14-16)22-15-18(10-13-23-2)8-3-4-9-18/h5-6,11,14H,3-4,7-10,12-13,15H2,1-2H3,(H2,19,21,22). The minimum atomic E-state index is 0.372. The molecular formula is C18H30N4O. The average Bonchev–Trinajstić information content (AvgIpc) is 3.06. The maximum absolute atomic E-state index is 5.30. The monoisotopic (exact) mass is 318 g/mol. The van der Waals surface area contributed by atoms with E-state index in [1.165, 1.54) is 31.2 Å². The number of guanidine groups is 1. The minimum absolute atomic E-state index is 0.372. The second kappa shape index (κ2) is 9.50. The summed E-state index contributed by atoms with van der Waals surface area (Å²) < 4.78 is 5.30. The summed E-state index contributed by atoms with van der Waals surface area (Å²) in [5.74, 6) is 0.887. The van der Waals surface area contributed by atoms with E-state index in [9.17, 15) is 0 Å². The van der Waals surface area contributed by atoms with Crippen molar-refractivity contribution < 1.29 is 4.74 Å². The molecule has 2 N–H and O–H groups in total. The van der Waals surface area contributed by atoms with E-state index in [0.29, 0.717) is 5.41 Å². The van der Waals surface area contributed by atoms with E-state index in [0.717, 1.165) is 38.5 Å². The van der Waals surface area contributed by atoms with Crippen LogP contribution in [0.5, 0.6) is 0 Å². The van der Waals surface area contributed by atoms with Gasteiger partial charge in [-0.1, -0.05) is 18.9 Å². The van der Waals surface area contributed by atoms with Gasteiger partial charge >= 0.3 is 0 Å². The van der Waals surface area contributed by atoms with Crippen LogP contribution < -0.4 is 10.6 Å². The topological polar surface area (TPSA) is 58.5 Å². The lowest BCUT2D eigenvalue weighted by atomic mass is 9.83. The molecule has 0 unspecified atom stereocenters. The zero-order chi connectivity index (χ0) is 16.4. The molecule has 2 rings (SSSR count). The third kappa shape index (κ3) is 5.82. The Morgan fingerprint density at radius 2 is 2.17 bits per heavy atom. The molecule has 1 aromatic heterocycles. The Morgan fingerprint density at radius 1 is 1.35 bits per heavy atom. The van der Waals surface area contributed by atoms with Crippen LogP contribution in [0.2, 0.25) is 0 Å². The molecule has 128 valence electrons. The summed E-state index contributed by atoms with van der Waals surface area (Å²) in [7, 11) is 3.62. The number of aromatic nitrogens is 1. The molecule has 1 heterocycles. The predicted molar refractivity (Wildman–Crippen MR) is 94.7 cm³/mol. The fourth-order valence-corrected chi connectivity index (χ4v) is 3.32. The van der Waals surface area contributed by atoms with Gasteiger partial charge in [0.15, 0.2) is 5.96 Å². The smallest absolute Gasteiger partial charge is 0.191 e. The lowest BCUT2D eigenvalue weighted by Crippen LogP contribution is -2.43. The van der Waals surface area contributed by atoms with Crippen molar-refractivity contribution >= 4 is 5.96 Å². The molecule has 0 aromatic carbocycles. The Bertz CT molecular complexity index is 469. The van der Waals surface area contributed by atoms with Gasteiger partial charge in [-0.3, -0.25) is 9.98 Å². The second-order valence-corrected chi connectivity index (χ2v) is 6.41. The number of nitrogens with one attached hydrogen (secondary N) is 2. The van der Waals surface area contributed by atoms with Crippen LogP contribution in [-0.2, 0) is 11.2 Å². The maximum Gasteiger partial charge on any atom is 0.191 e. The first-order chi connectivity index (χ1) is 11.3. The van der Waals surface area contributed by atoms with Crippen molar-refractivity contribution in [3.05, 3.63) is 30.1 Å². The van der Waals surface area contributed by atoms with Crippen molar-refractivity contribution in [2.24, 2.45) is 10.4 Å². The number of hydrogen-bond acceptors (Lipinski definition) is 3. The van der Waals surface area contributed by atoms with Gasteiger partial charge in [-0.2, -0.15) is 0 Å².